The summed E-state index contributed by atoms with van der Waals surface area (Å²) in [7, 11) is 1.43. The van der Waals surface area contributed by atoms with Gasteiger partial charge >= 0.3 is 0 Å². The van der Waals surface area contributed by atoms with E-state index in [1.807, 2.05) is 0 Å². The fraction of sp³-hybridized carbons (Fsp3) is 0.0667. The van der Waals surface area contributed by atoms with E-state index in [4.69, 9.17) is 27.9 Å². The normalized spacial score (nSPS) is 10.8. The van der Waals surface area contributed by atoms with Gasteiger partial charge in [-0.3, -0.25) is 0 Å². The smallest absolute Gasteiger partial charge is 0.224 e. The molecule has 0 amide bonds. The fourth-order valence-electron chi connectivity index (χ4n) is 2.09. The minimum Gasteiger partial charge on any atom is -0.504 e. The fourth-order valence-corrected chi connectivity index (χ4v) is 2.44. The summed E-state index contributed by atoms with van der Waals surface area (Å²) in [6, 6.07) is 7.16. The van der Waals surface area contributed by atoms with E-state index in [0.717, 1.165) is 0 Å². The van der Waals surface area contributed by atoms with Crippen LogP contribution >= 0.6 is 23.2 Å². The minimum atomic E-state index is -0.523. The molecule has 2 N–H and O–H groups in total. The Morgan fingerprint density at radius 3 is 2.65 bits per heavy atom. The van der Waals surface area contributed by atoms with Crippen molar-refractivity contribution in [2.45, 2.75) is 0 Å². The predicted molar refractivity (Wildman–Crippen MR) is 87.5 cm³/mol. The van der Waals surface area contributed by atoms with Crippen LogP contribution in [0.15, 0.2) is 30.3 Å². The Bertz CT molecular complexity index is 906. The second-order valence-corrected chi connectivity index (χ2v) is 5.38. The van der Waals surface area contributed by atoms with E-state index in [-0.39, 0.29) is 21.8 Å². The number of benzene rings is 2. The standard InChI is InChI=1S/C15H10Cl2FN3O2/c1-23-13-6-11-8(5-12(13)22)14(21-15(17)20-11)19-7-2-3-10(18)9(16)4-7/h2-6,22H,1H3,(H,19,20,21). The highest BCUT2D eigenvalue weighted by Crippen LogP contribution is 2.35. The first-order chi connectivity index (χ1) is 11.0. The summed E-state index contributed by atoms with van der Waals surface area (Å²) >= 11 is 11.7. The Balaban J connectivity index is 2.12. The molecule has 0 unspecified atom stereocenters. The van der Waals surface area contributed by atoms with Crippen molar-refractivity contribution in [2.75, 3.05) is 12.4 Å². The van der Waals surface area contributed by atoms with E-state index < -0.39 is 5.82 Å². The number of phenols is 1. The van der Waals surface area contributed by atoms with Gasteiger partial charge in [0.15, 0.2) is 11.5 Å². The Morgan fingerprint density at radius 1 is 1.17 bits per heavy atom. The van der Waals surface area contributed by atoms with Crippen LogP contribution in [0.3, 0.4) is 0 Å². The lowest BCUT2D eigenvalue weighted by Gasteiger charge is -2.11. The third-order valence-electron chi connectivity index (χ3n) is 3.15. The Hall–Kier alpha value is -2.31. The Morgan fingerprint density at radius 2 is 1.96 bits per heavy atom. The molecule has 0 bridgehead atoms. The lowest BCUT2D eigenvalue weighted by atomic mass is 10.2. The van der Waals surface area contributed by atoms with E-state index in [1.54, 1.807) is 6.07 Å². The minimum absolute atomic E-state index is 0.0148. The number of nitrogens with zero attached hydrogens (tertiary/aromatic N) is 2. The quantitative estimate of drug-likeness (QED) is 0.677. The average molecular weight is 354 g/mol. The van der Waals surface area contributed by atoms with E-state index in [2.05, 4.69) is 15.3 Å². The molecule has 0 fully saturated rings. The first-order valence-corrected chi connectivity index (χ1v) is 7.20. The van der Waals surface area contributed by atoms with Gasteiger partial charge < -0.3 is 15.2 Å². The first kappa shape index (κ1) is 15.6. The van der Waals surface area contributed by atoms with Crippen molar-refractivity contribution in [1.82, 2.24) is 9.97 Å². The number of fused-ring (bicyclic) bond motifs is 1. The molecule has 2 aromatic carbocycles. The number of methoxy groups -OCH3 is 1. The molecular formula is C15H10Cl2FN3O2. The lowest BCUT2D eigenvalue weighted by Crippen LogP contribution is -1.98. The van der Waals surface area contributed by atoms with Crippen LogP contribution < -0.4 is 10.1 Å². The topological polar surface area (TPSA) is 67.3 Å². The molecule has 5 nitrogen and oxygen atoms in total. The van der Waals surface area contributed by atoms with Crippen LogP contribution in [0, 0.1) is 5.82 Å². The highest BCUT2D eigenvalue weighted by Gasteiger charge is 2.12. The maximum atomic E-state index is 13.2. The molecule has 0 aliphatic rings. The van der Waals surface area contributed by atoms with Gasteiger partial charge in [0.1, 0.15) is 11.6 Å². The number of ether oxygens (including phenoxy) is 1. The van der Waals surface area contributed by atoms with Gasteiger partial charge in [-0.2, -0.15) is 4.98 Å². The van der Waals surface area contributed by atoms with E-state index in [9.17, 15) is 9.50 Å². The van der Waals surface area contributed by atoms with Crippen molar-refractivity contribution in [1.29, 1.82) is 0 Å². The molecule has 0 aliphatic carbocycles. The highest BCUT2D eigenvalue weighted by atomic mass is 35.5. The molecular weight excluding hydrogens is 344 g/mol. The maximum absolute atomic E-state index is 13.2. The molecule has 0 aliphatic heterocycles. The molecule has 0 atom stereocenters. The number of aromatic hydroxyl groups is 1. The molecule has 3 rings (SSSR count). The van der Waals surface area contributed by atoms with Gasteiger partial charge in [-0.1, -0.05) is 11.6 Å². The van der Waals surface area contributed by atoms with Gasteiger partial charge in [0.2, 0.25) is 5.28 Å². The van der Waals surface area contributed by atoms with Crippen molar-refractivity contribution >= 4 is 45.6 Å². The van der Waals surface area contributed by atoms with Crippen molar-refractivity contribution in [3.63, 3.8) is 0 Å². The summed E-state index contributed by atoms with van der Waals surface area (Å²) in [6.45, 7) is 0. The van der Waals surface area contributed by atoms with Crippen LogP contribution in [0.5, 0.6) is 11.5 Å². The van der Waals surface area contributed by atoms with Gasteiger partial charge in [-0.05, 0) is 35.9 Å². The molecule has 118 valence electrons. The highest BCUT2D eigenvalue weighted by molar-refractivity contribution is 6.31. The molecule has 0 spiro atoms. The van der Waals surface area contributed by atoms with Crippen LogP contribution in [-0.4, -0.2) is 22.2 Å². The van der Waals surface area contributed by atoms with Gasteiger partial charge in [0, 0.05) is 17.1 Å². The number of aromatic nitrogens is 2. The van der Waals surface area contributed by atoms with E-state index >= 15 is 0 Å². The molecule has 1 heterocycles. The van der Waals surface area contributed by atoms with Crippen molar-refractivity contribution in [2.24, 2.45) is 0 Å². The third kappa shape index (κ3) is 3.09. The van der Waals surface area contributed by atoms with Crippen LogP contribution in [0.2, 0.25) is 10.3 Å². The van der Waals surface area contributed by atoms with Crippen molar-refractivity contribution < 1.29 is 14.2 Å². The maximum Gasteiger partial charge on any atom is 0.224 e. The zero-order valence-corrected chi connectivity index (χ0v) is 13.3. The zero-order valence-electron chi connectivity index (χ0n) is 11.8. The molecule has 0 saturated heterocycles. The molecule has 1 aromatic heterocycles. The van der Waals surface area contributed by atoms with E-state index in [0.29, 0.717) is 22.4 Å². The summed E-state index contributed by atoms with van der Waals surface area (Å²) in [4.78, 5) is 8.20. The van der Waals surface area contributed by atoms with Gasteiger partial charge in [0.25, 0.3) is 0 Å². The number of nitrogens with one attached hydrogen (secondary N) is 1. The third-order valence-corrected chi connectivity index (χ3v) is 3.61. The molecule has 0 saturated carbocycles. The number of halogens is 3. The van der Waals surface area contributed by atoms with Crippen LogP contribution in [0.4, 0.5) is 15.9 Å². The summed E-state index contributed by atoms with van der Waals surface area (Å²) in [5.74, 6) is 0.0277. The second-order valence-electron chi connectivity index (χ2n) is 4.64. The summed E-state index contributed by atoms with van der Waals surface area (Å²) in [5.41, 5.74) is 0.998. The van der Waals surface area contributed by atoms with Crippen molar-refractivity contribution in [3.8, 4) is 11.5 Å². The largest absolute Gasteiger partial charge is 0.504 e. The van der Waals surface area contributed by atoms with Gasteiger partial charge in [-0.15, -0.1) is 0 Å². The number of hydrogen-bond donors (Lipinski definition) is 2. The first-order valence-electron chi connectivity index (χ1n) is 6.44. The molecule has 23 heavy (non-hydrogen) atoms. The number of phenolic OH excluding ortho intramolecular Hbond substituents is 1. The van der Waals surface area contributed by atoms with Crippen LogP contribution in [0.25, 0.3) is 10.9 Å². The van der Waals surface area contributed by atoms with E-state index in [1.165, 1.54) is 31.4 Å². The molecule has 0 radical (unpaired) electrons. The molecule has 3 aromatic rings. The SMILES string of the molecule is COc1cc2nc(Cl)nc(Nc3ccc(F)c(Cl)c3)c2cc1O. The van der Waals surface area contributed by atoms with Gasteiger partial charge in [0.05, 0.1) is 17.6 Å². The monoisotopic (exact) mass is 353 g/mol. The molecule has 8 heteroatoms. The van der Waals surface area contributed by atoms with Gasteiger partial charge in [-0.25, -0.2) is 9.37 Å². The van der Waals surface area contributed by atoms with Crippen LogP contribution in [0.1, 0.15) is 0 Å². The zero-order chi connectivity index (χ0) is 16.6. The average Bonchev–Trinajstić information content (AvgIpc) is 2.51. The Kier molecular flexibility index (Phi) is 4.11. The van der Waals surface area contributed by atoms with Crippen LogP contribution in [-0.2, 0) is 0 Å². The summed E-state index contributed by atoms with van der Waals surface area (Å²) in [6.07, 6.45) is 0. The predicted octanol–water partition coefficient (Wildman–Crippen LogP) is 4.53. The second kappa shape index (κ2) is 6.06. The lowest BCUT2D eigenvalue weighted by molar-refractivity contribution is 0.374. The summed E-state index contributed by atoms with van der Waals surface area (Å²) in [5, 5.41) is 13.4. The number of anilines is 2. The van der Waals surface area contributed by atoms with Crippen molar-refractivity contribution in [3.05, 3.63) is 46.5 Å². The summed E-state index contributed by atoms with van der Waals surface area (Å²) < 4.78 is 18.3. The number of rotatable bonds is 3. The number of hydrogen-bond acceptors (Lipinski definition) is 5. The Labute approximate surface area is 140 Å².